The van der Waals surface area contributed by atoms with Gasteiger partial charge in [-0.05, 0) is 42.0 Å². The van der Waals surface area contributed by atoms with Gasteiger partial charge in [0.1, 0.15) is 18.2 Å². The Bertz CT molecular complexity index is 1290. The number of hydrogen-bond acceptors (Lipinski definition) is 5. The summed E-state index contributed by atoms with van der Waals surface area (Å²) in [7, 11) is 5.40. The lowest BCUT2D eigenvalue weighted by Crippen LogP contribution is -2.11. The Morgan fingerprint density at radius 3 is 2.69 bits per heavy atom. The molecule has 2 aromatic carbocycles. The summed E-state index contributed by atoms with van der Waals surface area (Å²) < 4.78 is 14.7. The van der Waals surface area contributed by atoms with E-state index in [2.05, 4.69) is 21.6 Å². The van der Waals surface area contributed by atoms with Gasteiger partial charge in [0.15, 0.2) is 0 Å². The number of rotatable bonds is 7. The fraction of sp³-hybridized carbons (Fsp3) is 0.292. The van der Waals surface area contributed by atoms with Crippen LogP contribution in [0.1, 0.15) is 24.0 Å². The van der Waals surface area contributed by atoms with E-state index in [1.807, 2.05) is 37.4 Å². The van der Waals surface area contributed by atoms with Crippen LogP contribution >= 0.6 is 11.6 Å². The number of hydrogen-bond donors (Lipinski definition) is 0. The van der Waals surface area contributed by atoms with E-state index in [1.54, 1.807) is 31.0 Å². The number of esters is 1. The number of aryl methyl sites for hydroxylation is 3. The molecule has 0 aliphatic carbocycles. The van der Waals surface area contributed by atoms with Crippen LogP contribution in [0.25, 0.3) is 22.3 Å². The highest BCUT2D eigenvalue weighted by Gasteiger charge is 2.16. The summed E-state index contributed by atoms with van der Waals surface area (Å²) in [5.41, 5.74) is 5.14. The van der Waals surface area contributed by atoms with Gasteiger partial charge in [0.2, 0.25) is 0 Å². The molecule has 0 saturated heterocycles. The molecule has 0 radical (unpaired) electrons. The molecule has 0 aliphatic rings. The average molecular weight is 453 g/mol. The molecule has 0 fully saturated rings. The number of methoxy groups -OCH3 is 1. The largest absolute Gasteiger partial charge is 0.496 e. The molecular weight excluding hydrogens is 428 g/mol. The molecule has 0 unspecified atom stereocenters. The van der Waals surface area contributed by atoms with Crippen molar-refractivity contribution in [3.8, 4) is 17.0 Å². The first-order valence-electron chi connectivity index (χ1n) is 10.4. The van der Waals surface area contributed by atoms with Crippen LogP contribution in [0.2, 0.25) is 5.02 Å². The molecule has 0 saturated carbocycles. The number of ether oxygens (including phenoxy) is 2. The standard InChI is InChI=1S/C24H25ClN4O3/c1-5-23-26-20-10-15(6-9-21(20)28(23)2)14-32-24(30)13-17-12-19(27-29(17)3)18-8-7-16(25)11-22(18)31-4/h6-12H,5,13-14H2,1-4H3. The Labute approximate surface area is 191 Å². The third-order valence-electron chi connectivity index (χ3n) is 5.50. The van der Waals surface area contributed by atoms with Crippen molar-refractivity contribution in [2.24, 2.45) is 14.1 Å². The maximum absolute atomic E-state index is 12.5. The molecule has 0 amide bonds. The number of fused-ring (bicyclic) bond motifs is 1. The molecule has 0 N–H and O–H groups in total. The van der Waals surface area contributed by atoms with Gasteiger partial charge in [-0.25, -0.2) is 4.98 Å². The number of nitrogens with zero attached hydrogens (tertiary/aromatic N) is 4. The monoisotopic (exact) mass is 452 g/mol. The highest BCUT2D eigenvalue weighted by atomic mass is 35.5. The van der Waals surface area contributed by atoms with Crippen LogP contribution < -0.4 is 4.74 Å². The van der Waals surface area contributed by atoms with E-state index >= 15 is 0 Å². The molecule has 0 atom stereocenters. The van der Waals surface area contributed by atoms with Crippen LogP contribution in [0.4, 0.5) is 0 Å². The summed E-state index contributed by atoms with van der Waals surface area (Å²) in [5.74, 6) is 1.33. The summed E-state index contributed by atoms with van der Waals surface area (Å²) in [6, 6.07) is 13.2. The fourth-order valence-corrected chi connectivity index (χ4v) is 3.91. The minimum Gasteiger partial charge on any atom is -0.496 e. The molecule has 7 nitrogen and oxygen atoms in total. The van der Waals surface area contributed by atoms with E-state index in [1.165, 1.54) is 0 Å². The first-order valence-corrected chi connectivity index (χ1v) is 10.7. The van der Waals surface area contributed by atoms with Gasteiger partial charge in [0, 0.05) is 36.8 Å². The molecule has 0 bridgehead atoms. The molecule has 0 aliphatic heterocycles. The second-order valence-corrected chi connectivity index (χ2v) is 8.03. The van der Waals surface area contributed by atoms with Crippen LogP contribution in [-0.4, -0.2) is 32.4 Å². The van der Waals surface area contributed by atoms with Crippen LogP contribution in [0.15, 0.2) is 42.5 Å². The van der Waals surface area contributed by atoms with Gasteiger partial charge in [0.25, 0.3) is 0 Å². The minimum absolute atomic E-state index is 0.116. The number of halogens is 1. The number of benzene rings is 2. The average Bonchev–Trinajstić information content (AvgIpc) is 3.30. The van der Waals surface area contributed by atoms with E-state index in [-0.39, 0.29) is 19.0 Å². The number of imidazole rings is 1. The van der Waals surface area contributed by atoms with E-state index in [0.29, 0.717) is 16.5 Å². The van der Waals surface area contributed by atoms with Gasteiger partial charge in [-0.2, -0.15) is 5.10 Å². The van der Waals surface area contributed by atoms with E-state index in [9.17, 15) is 4.79 Å². The highest BCUT2D eigenvalue weighted by molar-refractivity contribution is 6.30. The Morgan fingerprint density at radius 2 is 1.94 bits per heavy atom. The molecule has 4 rings (SSSR count). The van der Waals surface area contributed by atoms with Crippen molar-refractivity contribution in [3.63, 3.8) is 0 Å². The second-order valence-electron chi connectivity index (χ2n) is 7.59. The number of aromatic nitrogens is 4. The number of carbonyl (C=O) groups is 1. The van der Waals surface area contributed by atoms with Gasteiger partial charge in [-0.1, -0.05) is 24.6 Å². The fourth-order valence-electron chi connectivity index (χ4n) is 3.74. The first-order chi connectivity index (χ1) is 15.4. The Balaban J connectivity index is 1.44. The Morgan fingerprint density at radius 1 is 1.12 bits per heavy atom. The van der Waals surface area contributed by atoms with E-state index in [0.717, 1.165) is 40.1 Å². The SMILES string of the molecule is CCc1nc2cc(COC(=O)Cc3cc(-c4ccc(Cl)cc4OC)nn3C)ccc2n1C. The van der Waals surface area contributed by atoms with Gasteiger partial charge in [-0.3, -0.25) is 9.48 Å². The lowest BCUT2D eigenvalue weighted by molar-refractivity contribution is -0.144. The van der Waals surface area contributed by atoms with Gasteiger partial charge in [0.05, 0.1) is 30.3 Å². The molecule has 4 aromatic rings. The van der Waals surface area contributed by atoms with Crippen LogP contribution in [0.5, 0.6) is 5.75 Å². The van der Waals surface area contributed by atoms with Crippen LogP contribution in [0, 0.1) is 0 Å². The summed E-state index contributed by atoms with van der Waals surface area (Å²) in [4.78, 5) is 17.1. The zero-order chi connectivity index (χ0) is 22.8. The predicted molar refractivity (Wildman–Crippen MR) is 124 cm³/mol. The molecular formula is C24H25ClN4O3. The topological polar surface area (TPSA) is 71.2 Å². The lowest BCUT2D eigenvalue weighted by atomic mass is 10.1. The van der Waals surface area contributed by atoms with Crippen molar-refractivity contribution in [2.75, 3.05) is 7.11 Å². The third kappa shape index (κ3) is 4.34. The maximum atomic E-state index is 12.5. The first kappa shape index (κ1) is 21.9. The van der Waals surface area contributed by atoms with E-state index < -0.39 is 0 Å². The minimum atomic E-state index is -0.321. The summed E-state index contributed by atoms with van der Waals surface area (Å²) >= 11 is 6.05. The molecule has 2 aromatic heterocycles. The smallest absolute Gasteiger partial charge is 0.312 e. The maximum Gasteiger partial charge on any atom is 0.312 e. The van der Waals surface area contributed by atoms with Gasteiger partial charge < -0.3 is 14.0 Å². The molecule has 2 heterocycles. The Kier molecular flexibility index (Phi) is 6.19. The zero-order valence-corrected chi connectivity index (χ0v) is 19.3. The molecule has 32 heavy (non-hydrogen) atoms. The molecule has 8 heteroatoms. The van der Waals surface area contributed by atoms with Gasteiger partial charge in [-0.15, -0.1) is 0 Å². The van der Waals surface area contributed by atoms with Crippen molar-refractivity contribution in [3.05, 3.63) is 64.6 Å². The summed E-state index contributed by atoms with van der Waals surface area (Å²) in [5, 5.41) is 5.10. The lowest BCUT2D eigenvalue weighted by Gasteiger charge is -2.06. The van der Waals surface area contributed by atoms with Crippen molar-refractivity contribution >= 4 is 28.6 Å². The van der Waals surface area contributed by atoms with Gasteiger partial charge >= 0.3 is 5.97 Å². The van der Waals surface area contributed by atoms with Crippen molar-refractivity contribution in [2.45, 2.75) is 26.4 Å². The van der Waals surface area contributed by atoms with Crippen molar-refractivity contribution < 1.29 is 14.3 Å². The predicted octanol–water partition coefficient (Wildman–Crippen LogP) is 4.48. The van der Waals surface area contributed by atoms with Crippen LogP contribution in [0.3, 0.4) is 0 Å². The second kappa shape index (κ2) is 9.04. The van der Waals surface area contributed by atoms with Crippen molar-refractivity contribution in [1.82, 2.24) is 19.3 Å². The summed E-state index contributed by atoms with van der Waals surface area (Å²) in [6.45, 7) is 2.28. The summed E-state index contributed by atoms with van der Waals surface area (Å²) in [6.07, 6.45) is 0.981. The molecule has 0 spiro atoms. The highest BCUT2D eigenvalue weighted by Crippen LogP contribution is 2.32. The van der Waals surface area contributed by atoms with Crippen molar-refractivity contribution in [1.29, 1.82) is 0 Å². The third-order valence-corrected chi connectivity index (χ3v) is 5.73. The zero-order valence-electron chi connectivity index (χ0n) is 18.6. The Hall–Kier alpha value is -3.32. The molecule has 166 valence electrons. The normalized spacial score (nSPS) is 11.2. The quantitative estimate of drug-likeness (QED) is 0.386. The van der Waals surface area contributed by atoms with E-state index in [4.69, 9.17) is 21.1 Å². The van der Waals surface area contributed by atoms with Crippen LogP contribution in [-0.2, 0) is 43.1 Å². The number of carbonyl (C=O) groups excluding carboxylic acids is 1.